The predicted molar refractivity (Wildman–Crippen MR) is 55.9 cm³/mol. The molecule has 1 amide bonds. The van der Waals surface area contributed by atoms with Crippen LogP contribution in [0.3, 0.4) is 0 Å². The first-order chi connectivity index (χ1) is 5.86. The van der Waals surface area contributed by atoms with Crippen molar-refractivity contribution in [2.45, 2.75) is 20.3 Å². The fraction of sp³-hybridized carbons (Fsp3) is 0.273. The second-order valence-corrected chi connectivity index (χ2v) is 2.31. The molecule has 3 heteroatoms. The molecule has 75 valence electrons. The molecule has 1 aromatic carbocycles. The van der Waals surface area contributed by atoms with Gasteiger partial charge in [-0.05, 0) is 0 Å². The average Bonchev–Trinajstić information content (AvgIpc) is 2.48. The summed E-state index contributed by atoms with van der Waals surface area (Å²) in [5, 5.41) is 3.81. The Kier molecular flexibility index (Phi) is 9.43. The van der Waals surface area contributed by atoms with E-state index in [0.29, 0.717) is 6.42 Å². The van der Waals surface area contributed by atoms with Crippen molar-refractivity contribution in [1.29, 1.82) is 0 Å². The number of hydrogen-bond acceptors (Lipinski definition) is 1. The molecule has 0 unspecified atom stereocenters. The number of carbonyl (C=O) groups excluding carboxylic acids is 1. The number of nitrogens with zero attached hydrogens (tertiary/aromatic N) is 1. The molecule has 1 aromatic rings. The zero-order valence-corrected chi connectivity index (χ0v) is 11.8. The molecule has 14 heavy (non-hydrogen) atoms. The zero-order valence-electron chi connectivity index (χ0n) is 8.95. The minimum atomic E-state index is -0.0267. The summed E-state index contributed by atoms with van der Waals surface area (Å²) in [4.78, 5) is 10.7. The summed E-state index contributed by atoms with van der Waals surface area (Å²) in [6.07, 6.45) is 0.482. The van der Waals surface area contributed by atoms with Crippen LogP contribution in [0.25, 0.3) is 5.32 Å². The number of fused-ring (bicyclic) bond motifs is 1. The Morgan fingerprint density at radius 1 is 1.21 bits per heavy atom. The van der Waals surface area contributed by atoms with Gasteiger partial charge in [-0.3, -0.25) is 0 Å². The van der Waals surface area contributed by atoms with Gasteiger partial charge in [0.15, 0.2) is 0 Å². The summed E-state index contributed by atoms with van der Waals surface area (Å²) < 4.78 is 0. The van der Waals surface area contributed by atoms with Crippen LogP contribution in [0.2, 0.25) is 0 Å². The van der Waals surface area contributed by atoms with Crippen LogP contribution in [0.15, 0.2) is 24.3 Å². The summed E-state index contributed by atoms with van der Waals surface area (Å²) >= 11 is 0. The van der Waals surface area contributed by atoms with Crippen LogP contribution in [0, 0.1) is 7.43 Å². The molecule has 1 aliphatic rings. The molecule has 0 saturated carbocycles. The molecule has 0 fully saturated rings. The van der Waals surface area contributed by atoms with Crippen LogP contribution in [-0.4, -0.2) is 5.91 Å². The summed E-state index contributed by atoms with van der Waals surface area (Å²) in [7, 11) is 0. The Balaban J connectivity index is 0. The number of rotatable bonds is 0. The van der Waals surface area contributed by atoms with Gasteiger partial charge < -0.3 is 17.5 Å². The molecule has 0 atom stereocenters. The van der Waals surface area contributed by atoms with E-state index in [1.807, 2.05) is 38.1 Å². The molecule has 0 aliphatic carbocycles. The fourth-order valence-electron chi connectivity index (χ4n) is 1.11. The number of hydrogen-bond donors (Lipinski definition) is 0. The van der Waals surface area contributed by atoms with Gasteiger partial charge in [0, 0.05) is 39.1 Å². The van der Waals surface area contributed by atoms with E-state index in [0.717, 1.165) is 11.3 Å². The van der Waals surface area contributed by atoms with Crippen LogP contribution in [0.4, 0.5) is 5.69 Å². The van der Waals surface area contributed by atoms with E-state index < -0.39 is 0 Å². The van der Waals surface area contributed by atoms with E-state index in [1.165, 1.54) is 0 Å². The van der Waals surface area contributed by atoms with Crippen LogP contribution in [-0.2, 0) is 43.9 Å². The largest absolute Gasteiger partial charge is 0.626 e. The van der Waals surface area contributed by atoms with E-state index in [-0.39, 0.29) is 46.0 Å². The molecule has 2 nitrogen and oxygen atoms in total. The van der Waals surface area contributed by atoms with Gasteiger partial charge in [0.2, 0.25) is 0 Å². The molecule has 1 radical (unpaired) electrons. The van der Waals surface area contributed by atoms with E-state index in [1.54, 1.807) is 0 Å². The molecule has 1 aliphatic heterocycles. The maximum Gasteiger partial charge on any atom is 0.0588 e. The van der Waals surface area contributed by atoms with Gasteiger partial charge in [-0.2, -0.15) is 0 Å². The Morgan fingerprint density at radius 3 is 2.36 bits per heavy atom. The van der Waals surface area contributed by atoms with Crippen molar-refractivity contribution in [2.24, 2.45) is 0 Å². The SMILES string of the molecule is CC.O=C1Cc2ccccc2[N-]1.[CH3-].[Y]. The van der Waals surface area contributed by atoms with Gasteiger partial charge in [0.05, 0.1) is 5.91 Å². The summed E-state index contributed by atoms with van der Waals surface area (Å²) in [5.74, 6) is -0.0267. The van der Waals surface area contributed by atoms with E-state index >= 15 is 0 Å². The summed E-state index contributed by atoms with van der Waals surface area (Å²) in [5.41, 5.74) is 1.89. The first-order valence-electron chi connectivity index (χ1n) is 4.19. The van der Waals surface area contributed by atoms with Gasteiger partial charge in [-0.25, -0.2) is 0 Å². The second-order valence-electron chi connectivity index (χ2n) is 2.31. The molecule has 0 bridgehead atoms. The van der Waals surface area contributed by atoms with Crippen molar-refractivity contribution in [2.75, 3.05) is 0 Å². The Morgan fingerprint density at radius 2 is 1.79 bits per heavy atom. The first-order valence-corrected chi connectivity index (χ1v) is 4.19. The monoisotopic (exact) mass is 266 g/mol. The molecule has 0 N–H and O–H groups in total. The minimum Gasteiger partial charge on any atom is -0.626 e. The fourth-order valence-corrected chi connectivity index (χ4v) is 1.11. The molecule has 0 spiro atoms. The number of benzene rings is 1. The van der Waals surface area contributed by atoms with Crippen LogP contribution in [0.1, 0.15) is 19.4 Å². The van der Waals surface area contributed by atoms with Crippen molar-refractivity contribution in [3.63, 3.8) is 0 Å². The van der Waals surface area contributed by atoms with Crippen LogP contribution in [0.5, 0.6) is 0 Å². The van der Waals surface area contributed by atoms with Gasteiger partial charge in [0.1, 0.15) is 0 Å². The van der Waals surface area contributed by atoms with Crippen molar-refractivity contribution >= 4 is 11.6 Å². The molecule has 1 heterocycles. The molecule has 2 rings (SSSR count). The molecular formula is C11H15NOY-2. The standard InChI is InChI=1S/C8H7NO.C2H6.CH3.Y/c10-8-5-6-3-1-2-4-7(6)9-8;1-2;;/h1-4H,5H2,(H,9,10);1-2H3;1H3;/q;;-1;/p-1. The summed E-state index contributed by atoms with van der Waals surface area (Å²) in [6, 6.07) is 7.61. The third-order valence-corrected chi connectivity index (χ3v) is 1.58. The third kappa shape index (κ3) is 3.89. The number of amides is 1. The molecule has 0 saturated heterocycles. The predicted octanol–water partition coefficient (Wildman–Crippen LogP) is 3.25. The van der Waals surface area contributed by atoms with Gasteiger partial charge in [0.25, 0.3) is 0 Å². The quantitative estimate of drug-likeness (QED) is 0.663. The average molecular weight is 266 g/mol. The second kappa shape index (κ2) is 8.13. The number of para-hydroxylation sites is 1. The van der Waals surface area contributed by atoms with Crippen molar-refractivity contribution in [3.8, 4) is 0 Å². The number of carbonyl (C=O) groups is 1. The van der Waals surface area contributed by atoms with E-state index in [9.17, 15) is 4.79 Å². The van der Waals surface area contributed by atoms with Crippen LogP contribution < -0.4 is 0 Å². The topological polar surface area (TPSA) is 31.2 Å². The van der Waals surface area contributed by atoms with Gasteiger partial charge >= 0.3 is 0 Å². The smallest absolute Gasteiger partial charge is 0.0588 e. The first kappa shape index (κ1) is 16.2. The molecular weight excluding hydrogens is 251 g/mol. The van der Waals surface area contributed by atoms with Gasteiger partial charge in [-0.15, -0.1) is 5.69 Å². The van der Waals surface area contributed by atoms with Crippen molar-refractivity contribution in [1.82, 2.24) is 0 Å². The van der Waals surface area contributed by atoms with Gasteiger partial charge in [-0.1, -0.05) is 43.7 Å². The van der Waals surface area contributed by atoms with Crippen molar-refractivity contribution in [3.05, 3.63) is 42.6 Å². The summed E-state index contributed by atoms with van der Waals surface area (Å²) in [6.45, 7) is 4.00. The Labute approximate surface area is 111 Å². The Hall–Kier alpha value is -0.206. The normalized spacial score (nSPS) is 10.9. The maximum absolute atomic E-state index is 10.7. The maximum atomic E-state index is 10.7. The minimum absolute atomic E-state index is 0. The molecule has 0 aromatic heterocycles. The Bertz CT molecular complexity index is 259. The van der Waals surface area contributed by atoms with Crippen LogP contribution >= 0.6 is 0 Å². The van der Waals surface area contributed by atoms with Crippen molar-refractivity contribution < 1.29 is 37.5 Å². The zero-order chi connectivity index (χ0) is 8.97. The van der Waals surface area contributed by atoms with E-state index in [4.69, 9.17) is 0 Å². The third-order valence-electron chi connectivity index (χ3n) is 1.58. The van der Waals surface area contributed by atoms with E-state index in [2.05, 4.69) is 5.32 Å².